The first kappa shape index (κ1) is 10.9. The molecular weight excluding hydrogens is 260 g/mol. The van der Waals surface area contributed by atoms with Gasteiger partial charge in [0.15, 0.2) is 6.29 Å². The van der Waals surface area contributed by atoms with Crippen LogP contribution in [-0.4, -0.2) is 19.8 Å². The molecule has 0 saturated carbocycles. The van der Waals surface area contributed by atoms with E-state index in [1.165, 1.54) is 0 Å². The average Bonchev–Trinajstić information content (AvgIpc) is 2.74. The summed E-state index contributed by atoms with van der Waals surface area (Å²) >= 11 is 3.43. The van der Waals surface area contributed by atoms with Crippen molar-refractivity contribution in [1.82, 2.24) is 0 Å². The Morgan fingerprint density at radius 2 is 2.13 bits per heavy atom. The molecule has 4 heteroatoms. The van der Waals surface area contributed by atoms with E-state index in [0.717, 1.165) is 15.8 Å². The summed E-state index contributed by atoms with van der Waals surface area (Å²) in [5.41, 5.74) is 0.948. The molecule has 1 fully saturated rings. The minimum absolute atomic E-state index is 0.288. The third kappa shape index (κ3) is 2.51. The highest BCUT2D eigenvalue weighted by Gasteiger charge is 2.22. The van der Waals surface area contributed by atoms with E-state index in [-0.39, 0.29) is 6.29 Å². The molecular formula is C11H13BrO3. The Morgan fingerprint density at radius 3 is 2.80 bits per heavy atom. The summed E-state index contributed by atoms with van der Waals surface area (Å²) in [5.74, 6) is 0.826. The summed E-state index contributed by atoms with van der Waals surface area (Å²) in [5, 5.41) is 0. The number of hydrogen-bond donors (Lipinski definition) is 0. The molecule has 1 aliphatic rings. The largest absolute Gasteiger partial charge is 0.493 e. The van der Waals surface area contributed by atoms with Crippen LogP contribution in [0.25, 0.3) is 0 Å². The monoisotopic (exact) mass is 272 g/mol. The molecule has 0 spiro atoms. The highest BCUT2D eigenvalue weighted by molar-refractivity contribution is 9.10. The smallest absolute Gasteiger partial charge is 0.187 e. The summed E-state index contributed by atoms with van der Waals surface area (Å²) in [6, 6.07) is 5.85. The zero-order valence-electron chi connectivity index (χ0n) is 8.53. The normalized spacial score (nSPS) is 16.9. The number of halogens is 1. The van der Waals surface area contributed by atoms with Crippen molar-refractivity contribution in [3.8, 4) is 5.75 Å². The van der Waals surface area contributed by atoms with Gasteiger partial charge >= 0.3 is 0 Å². The first-order chi connectivity index (χ1) is 7.31. The molecule has 1 aliphatic heterocycles. The second-order valence-corrected chi connectivity index (χ2v) is 4.10. The van der Waals surface area contributed by atoms with Gasteiger partial charge in [-0.05, 0) is 25.1 Å². The highest BCUT2D eigenvalue weighted by atomic mass is 79.9. The number of rotatable bonds is 3. The Balaban J connectivity index is 2.28. The number of benzene rings is 1. The molecule has 0 bridgehead atoms. The van der Waals surface area contributed by atoms with Gasteiger partial charge in [-0.25, -0.2) is 0 Å². The predicted molar refractivity (Wildman–Crippen MR) is 60.0 cm³/mol. The molecule has 0 unspecified atom stereocenters. The first-order valence-electron chi connectivity index (χ1n) is 4.96. The minimum Gasteiger partial charge on any atom is -0.493 e. The molecule has 0 amide bonds. The molecule has 82 valence electrons. The molecule has 0 N–H and O–H groups in total. The molecule has 15 heavy (non-hydrogen) atoms. The van der Waals surface area contributed by atoms with Gasteiger partial charge in [0.1, 0.15) is 5.75 Å². The van der Waals surface area contributed by atoms with Gasteiger partial charge in [0.2, 0.25) is 0 Å². The van der Waals surface area contributed by atoms with Crippen LogP contribution in [0.1, 0.15) is 18.8 Å². The SMILES string of the molecule is CCOc1ccc(Br)cc1C1OCCO1. The van der Waals surface area contributed by atoms with Gasteiger partial charge < -0.3 is 14.2 Å². The second kappa shape index (κ2) is 4.96. The molecule has 1 aromatic rings. The Hall–Kier alpha value is -0.580. The van der Waals surface area contributed by atoms with Gasteiger partial charge in [-0.3, -0.25) is 0 Å². The Bertz CT molecular complexity index is 335. The van der Waals surface area contributed by atoms with E-state index < -0.39 is 0 Å². The van der Waals surface area contributed by atoms with E-state index in [9.17, 15) is 0 Å². The number of ether oxygens (including phenoxy) is 3. The van der Waals surface area contributed by atoms with Crippen molar-refractivity contribution in [2.75, 3.05) is 19.8 Å². The molecule has 0 atom stereocenters. The van der Waals surface area contributed by atoms with E-state index in [1.807, 2.05) is 25.1 Å². The van der Waals surface area contributed by atoms with Crippen LogP contribution in [-0.2, 0) is 9.47 Å². The zero-order chi connectivity index (χ0) is 10.7. The van der Waals surface area contributed by atoms with Crippen LogP contribution >= 0.6 is 15.9 Å². The summed E-state index contributed by atoms with van der Waals surface area (Å²) in [6.07, 6.45) is -0.288. The van der Waals surface area contributed by atoms with Crippen LogP contribution in [0.2, 0.25) is 0 Å². The van der Waals surface area contributed by atoms with Crippen LogP contribution in [0.5, 0.6) is 5.75 Å². The summed E-state index contributed by atoms with van der Waals surface area (Å²) in [6.45, 7) is 3.88. The van der Waals surface area contributed by atoms with E-state index >= 15 is 0 Å². The van der Waals surface area contributed by atoms with Crippen LogP contribution in [0.4, 0.5) is 0 Å². The van der Waals surface area contributed by atoms with E-state index in [1.54, 1.807) is 0 Å². The lowest BCUT2D eigenvalue weighted by atomic mass is 10.2. The lowest BCUT2D eigenvalue weighted by Gasteiger charge is -2.14. The number of hydrogen-bond acceptors (Lipinski definition) is 3. The molecule has 0 aromatic heterocycles. The molecule has 0 radical (unpaired) electrons. The van der Waals surface area contributed by atoms with Crippen molar-refractivity contribution in [3.05, 3.63) is 28.2 Å². The van der Waals surface area contributed by atoms with Crippen molar-refractivity contribution in [1.29, 1.82) is 0 Å². The van der Waals surface area contributed by atoms with Gasteiger partial charge in [0.05, 0.1) is 25.4 Å². The molecule has 3 nitrogen and oxygen atoms in total. The summed E-state index contributed by atoms with van der Waals surface area (Å²) in [4.78, 5) is 0. The predicted octanol–water partition coefficient (Wildman–Crippen LogP) is 2.89. The van der Waals surface area contributed by atoms with E-state index in [0.29, 0.717) is 19.8 Å². The summed E-state index contributed by atoms with van der Waals surface area (Å²) in [7, 11) is 0. The van der Waals surface area contributed by atoms with Crippen molar-refractivity contribution in [2.45, 2.75) is 13.2 Å². The fraction of sp³-hybridized carbons (Fsp3) is 0.455. The zero-order valence-corrected chi connectivity index (χ0v) is 10.1. The van der Waals surface area contributed by atoms with Crippen molar-refractivity contribution < 1.29 is 14.2 Å². The van der Waals surface area contributed by atoms with Crippen LogP contribution in [0.3, 0.4) is 0 Å². The first-order valence-corrected chi connectivity index (χ1v) is 5.76. The Kier molecular flexibility index (Phi) is 3.61. The average molecular weight is 273 g/mol. The van der Waals surface area contributed by atoms with Crippen molar-refractivity contribution >= 4 is 15.9 Å². The molecule has 2 rings (SSSR count). The minimum atomic E-state index is -0.288. The summed E-state index contributed by atoms with van der Waals surface area (Å²) < 4.78 is 17.4. The van der Waals surface area contributed by atoms with Gasteiger partial charge in [-0.15, -0.1) is 0 Å². The van der Waals surface area contributed by atoms with Crippen LogP contribution < -0.4 is 4.74 Å². The Morgan fingerprint density at radius 1 is 1.40 bits per heavy atom. The van der Waals surface area contributed by atoms with Gasteiger partial charge in [0, 0.05) is 4.47 Å². The van der Waals surface area contributed by atoms with Gasteiger partial charge in [-0.2, -0.15) is 0 Å². The Labute approximate surface area is 97.5 Å². The molecule has 1 heterocycles. The lowest BCUT2D eigenvalue weighted by Crippen LogP contribution is -2.03. The molecule has 1 aromatic carbocycles. The topological polar surface area (TPSA) is 27.7 Å². The fourth-order valence-corrected chi connectivity index (χ4v) is 1.91. The third-order valence-electron chi connectivity index (χ3n) is 2.15. The van der Waals surface area contributed by atoms with Gasteiger partial charge in [-0.1, -0.05) is 15.9 Å². The highest BCUT2D eigenvalue weighted by Crippen LogP contribution is 2.33. The molecule has 1 saturated heterocycles. The van der Waals surface area contributed by atoms with Gasteiger partial charge in [0.25, 0.3) is 0 Å². The molecule has 0 aliphatic carbocycles. The fourth-order valence-electron chi connectivity index (χ4n) is 1.53. The maximum absolute atomic E-state index is 5.52. The second-order valence-electron chi connectivity index (χ2n) is 3.19. The third-order valence-corrected chi connectivity index (χ3v) is 2.64. The van der Waals surface area contributed by atoms with Crippen LogP contribution in [0, 0.1) is 0 Å². The quantitative estimate of drug-likeness (QED) is 0.847. The lowest BCUT2D eigenvalue weighted by molar-refractivity contribution is -0.0457. The van der Waals surface area contributed by atoms with Crippen molar-refractivity contribution in [2.24, 2.45) is 0 Å². The standard InChI is InChI=1S/C11H13BrO3/c1-2-13-10-4-3-8(12)7-9(10)11-14-5-6-15-11/h3-4,7,11H,2,5-6H2,1H3. The van der Waals surface area contributed by atoms with Crippen molar-refractivity contribution in [3.63, 3.8) is 0 Å². The van der Waals surface area contributed by atoms with E-state index in [2.05, 4.69) is 15.9 Å². The van der Waals surface area contributed by atoms with Crippen LogP contribution in [0.15, 0.2) is 22.7 Å². The maximum Gasteiger partial charge on any atom is 0.187 e. The maximum atomic E-state index is 5.52. The van der Waals surface area contributed by atoms with E-state index in [4.69, 9.17) is 14.2 Å².